The third-order valence-corrected chi connectivity index (χ3v) is 3.53. The number of nitrogens with two attached hydrogens (primary N) is 1. The Balaban J connectivity index is 2.93. The lowest BCUT2D eigenvalue weighted by atomic mass is 10.0. The van der Waals surface area contributed by atoms with Gasteiger partial charge < -0.3 is 10.5 Å². The van der Waals surface area contributed by atoms with E-state index in [2.05, 4.69) is 15.9 Å². The fraction of sp³-hybridized carbons (Fsp3) is 0.364. The first-order valence-electron chi connectivity index (χ1n) is 4.91. The quantitative estimate of drug-likeness (QED) is 0.669. The van der Waals surface area contributed by atoms with E-state index in [0.717, 1.165) is 0 Å². The maximum Gasteiger partial charge on any atom is 0.182 e. The summed E-state index contributed by atoms with van der Waals surface area (Å²) < 4.78 is 18.9. The number of rotatable bonds is 5. The zero-order chi connectivity index (χ0) is 13.0. The van der Waals surface area contributed by atoms with Crippen molar-refractivity contribution in [2.24, 2.45) is 5.73 Å². The predicted octanol–water partition coefficient (Wildman–Crippen LogP) is 2.79. The summed E-state index contributed by atoms with van der Waals surface area (Å²) in [6, 6.07) is 2.09. The number of methoxy groups -OCH3 is 1. The SMILES string of the molecule is COCCC(N)C(=O)c1ccc(Br)c(Cl)c1F. The maximum atomic E-state index is 13.7. The lowest BCUT2D eigenvalue weighted by molar-refractivity contribution is 0.0931. The Bertz CT molecular complexity index is 428. The molecule has 3 nitrogen and oxygen atoms in total. The van der Waals surface area contributed by atoms with Crippen molar-refractivity contribution in [3.63, 3.8) is 0 Å². The molecule has 0 radical (unpaired) electrons. The Morgan fingerprint density at radius 2 is 2.29 bits per heavy atom. The maximum absolute atomic E-state index is 13.7. The second-order valence-electron chi connectivity index (χ2n) is 3.48. The van der Waals surface area contributed by atoms with Gasteiger partial charge in [0.05, 0.1) is 16.6 Å². The largest absolute Gasteiger partial charge is 0.385 e. The smallest absolute Gasteiger partial charge is 0.182 e. The highest BCUT2D eigenvalue weighted by Gasteiger charge is 2.21. The van der Waals surface area contributed by atoms with E-state index >= 15 is 0 Å². The van der Waals surface area contributed by atoms with Gasteiger partial charge in [-0.3, -0.25) is 4.79 Å². The summed E-state index contributed by atoms with van der Waals surface area (Å²) in [4.78, 5) is 11.8. The Morgan fingerprint density at radius 3 is 2.88 bits per heavy atom. The molecule has 0 aliphatic rings. The summed E-state index contributed by atoms with van der Waals surface area (Å²) in [5, 5.41) is -0.116. The number of hydrogen-bond acceptors (Lipinski definition) is 3. The zero-order valence-electron chi connectivity index (χ0n) is 9.17. The standard InChI is InChI=1S/C11H12BrClFNO2/c1-17-5-4-8(15)11(16)6-2-3-7(12)9(13)10(6)14/h2-3,8H,4-5,15H2,1H3. The molecule has 0 spiro atoms. The minimum atomic E-state index is -0.790. The van der Waals surface area contributed by atoms with Crippen molar-refractivity contribution in [2.45, 2.75) is 12.5 Å². The molecule has 0 aliphatic heterocycles. The van der Waals surface area contributed by atoms with Crippen LogP contribution in [-0.4, -0.2) is 25.5 Å². The van der Waals surface area contributed by atoms with E-state index in [4.69, 9.17) is 22.1 Å². The van der Waals surface area contributed by atoms with Crippen molar-refractivity contribution in [1.29, 1.82) is 0 Å². The van der Waals surface area contributed by atoms with E-state index < -0.39 is 17.6 Å². The van der Waals surface area contributed by atoms with E-state index in [1.54, 1.807) is 0 Å². The van der Waals surface area contributed by atoms with Gasteiger partial charge in [0.1, 0.15) is 0 Å². The number of hydrogen-bond donors (Lipinski definition) is 1. The van der Waals surface area contributed by atoms with Gasteiger partial charge in [-0.15, -0.1) is 0 Å². The summed E-state index contributed by atoms with van der Waals surface area (Å²) >= 11 is 8.77. The number of carbonyl (C=O) groups is 1. The van der Waals surface area contributed by atoms with E-state index in [0.29, 0.717) is 17.5 Å². The van der Waals surface area contributed by atoms with Crippen LogP contribution in [0.3, 0.4) is 0 Å². The van der Waals surface area contributed by atoms with Crippen molar-refractivity contribution in [1.82, 2.24) is 0 Å². The Labute approximate surface area is 112 Å². The Kier molecular flexibility index (Phi) is 5.52. The molecule has 6 heteroatoms. The molecule has 1 aromatic carbocycles. The highest BCUT2D eigenvalue weighted by atomic mass is 79.9. The highest BCUT2D eigenvalue weighted by Crippen LogP contribution is 2.28. The van der Waals surface area contributed by atoms with Crippen LogP contribution in [0.2, 0.25) is 5.02 Å². The number of halogens is 3. The lowest BCUT2D eigenvalue weighted by Gasteiger charge is -2.11. The molecule has 0 fully saturated rings. The van der Waals surface area contributed by atoms with Gasteiger partial charge in [0.2, 0.25) is 0 Å². The average molecular weight is 325 g/mol. The van der Waals surface area contributed by atoms with E-state index in [-0.39, 0.29) is 10.6 Å². The van der Waals surface area contributed by atoms with Crippen LogP contribution in [0.15, 0.2) is 16.6 Å². The lowest BCUT2D eigenvalue weighted by Crippen LogP contribution is -2.32. The predicted molar refractivity (Wildman–Crippen MR) is 67.9 cm³/mol. The monoisotopic (exact) mass is 323 g/mol. The molecule has 17 heavy (non-hydrogen) atoms. The zero-order valence-corrected chi connectivity index (χ0v) is 11.5. The minimum absolute atomic E-state index is 0.0956. The summed E-state index contributed by atoms with van der Waals surface area (Å²) in [5.74, 6) is -1.23. The van der Waals surface area contributed by atoms with Gasteiger partial charge in [0, 0.05) is 18.2 Å². The normalized spacial score (nSPS) is 12.5. The van der Waals surface area contributed by atoms with Gasteiger partial charge in [0.25, 0.3) is 0 Å². The molecule has 0 aliphatic carbocycles. The van der Waals surface area contributed by atoms with E-state index in [1.807, 2.05) is 0 Å². The molecule has 1 rings (SSSR count). The van der Waals surface area contributed by atoms with Crippen molar-refractivity contribution in [2.75, 3.05) is 13.7 Å². The van der Waals surface area contributed by atoms with E-state index in [1.165, 1.54) is 19.2 Å². The van der Waals surface area contributed by atoms with Gasteiger partial charge in [0.15, 0.2) is 11.6 Å². The van der Waals surface area contributed by atoms with Crippen molar-refractivity contribution in [3.05, 3.63) is 33.0 Å². The van der Waals surface area contributed by atoms with Crippen molar-refractivity contribution >= 4 is 33.3 Å². The van der Waals surface area contributed by atoms with Gasteiger partial charge in [-0.25, -0.2) is 4.39 Å². The molecule has 1 unspecified atom stereocenters. The van der Waals surface area contributed by atoms with Gasteiger partial charge in [-0.1, -0.05) is 11.6 Å². The second kappa shape index (κ2) is 6.44. The summed E-state index contributed by atoms with van der Waals surface area (Å²) in [6.45, 7) is 0.346. The number of carbonyl (C=O) groups excluding carboxylic acids is 1. The van der Waals surface area contributed by atoms with Crippen LogP contribution >= 0.6 is 27.5 Å². The first-order chi connectivity index (χ1) is 7.99. The molecule has 1 aromatic rings. The Morgan fingerprint density at radius 1 is 1.65 bits per heavy atom. The topological polar surface area (TPSA) is 52.3 Å². The molecule has 0 amide bonds. The first kappa shape index (κ1) is 14.6. The molecule has 2 N–H and O–H groups in total. The number of benzene rings is 1. The van der Waals surface area contributed by atoms with Gasteiger partial charge >= 0.3 is 0 Å². The van der Waals surface area contributed by atoms with Crippen LogP contribution in [-0.2, 0) is 4.74 Å². The van der Waals surface area contributed by atoms with Gasteiger partial charge in [-0.2, -0.15) is 0 Å². The fourth-order valence-electron chi connectivity index (χ4n) is 1.29. The minimum Gasteiger partial charge on any atom is -0.385 e. The molecular formula is C11H12BrClFNO2. The van der Waals surface area contributed by atoms with Crippen LogP contribution < -0.4 is 5.73 Å². The van der Waals surface area contributed by atoms with Crippen molar-refractivity contribution < 1.29 is 13.9 Å². The molecule has 0 heterocycles. The number of Topliss-reactive ketones (excluding diaryl/α,β-unsaturated/α-hetero) is 1. The molecular weight excluding hydrogens is 312 g/mol. The number of ether oxygens (including phenoxy) is 1. The number of ketones is 1. The first-order valence-corrected chi connectivity index (χ1v) is 6.08. The van der Waals surface area contributed by atoms with Crippen molar-refractivity contribution in [3.8, 4) is 0 Å². The molecule has 0 saturated carbocycles. The molecule has 1 atom stereocenters. The summed E-state index contributed by atoms with van der Waals surface area (Å²) in [7, 11) is 1.51. The molecule has 94 valence electrons. The Hall–Kier alpha value is -0.490. The van der Waals surface area contributed by atoms with Crippen LogP contribution in [0, 0.1) is 5.82 Å². The second-order valence-corrected chi connectivity index (χ2v) is 4.71. The highest BCUT2D eigenvalue weighted by molar-refractivity contribution is 9.10. The fourth-order valence-corrected chi connectivity index (χ4v) is 1.76. The van der Waals surface area contributed by atoms with E-state index in [9.17, 15) is 9.18 Å². The average Bonchev–Trinajstić information content (AvgIpc) is 2.32. The molecule has 0 aromatic heterocycles. The van der Waals surface area contributed by atoms with Crippen LogP contribution in [0.4, 0.5) is 4.39 Å². The molecule has 0 saturated heterocycles. The molecule has 0 bridgehead atoms. The van der Waals surface area contributed by atoms with Gasteiger partial charge in [-0.05, 0) is 34.5 Å². The summed E-state index contributed by atoms with van der Waals surface area (Å²) in [5.41, 5.74) is 5.55. The third kappa shape index (κ3) is 3.48. The van der Waals surface area contributed by atoms with Crippen LogP contribution in [0.5, 0.6) is 0 Å². The third-order valence-electron chi connectivity index (χ3n) is 2.27. The van der Waals surface area contributed by atoms with Crippen LogP contribution in [0.25, 0.3) is 0 Å². The summed E-state index contributed by atoms with van der Waals surface area (Å²) in [6.07, 6.45) is 0.336. The van der Waals surface area contributed by atoms with Crippen LogP contribution in [0.1, 0.15) is 16.8 Å².